The second kappa shape index (κ2) is 7.13. The average molecular weight is 311 g/mol. The molecular formula is C18H21N3O2. The molecule has 0 atom stereocenters. The van der Waals surface area contributed by atoms with E-state index in [1.807, 2.05) is 36.4 Å². The lowest BCUT2D eigenvalue weighted by molar-refractivity contribution is 0.164. The van der Waals surface area contributed by atoms with E-state index in [2.05, 4.69) is 27.1 Å². The molecule has 120 valence electrons. The number of amides is 1. The zero-order valence-corrected chi connectivity index (χ0v) is 13.2. The van der Waals surface area contributed by atoms with Crippen LogP contribution in [0.25, 0.3) is 11.3 Å². The van der Waals surface area contributed by atoms with Crippen LogP contribution in [0.15, 0.2) is 48.5 Å². The Kier molecular flexibility index (Phi) is 4.76. The summed E-state index contributed by atoms with van der Waals surface area (Å²) in [5, 5.41) is 2.87. The van der Waals surface area contributed by atoms with Gasteiger partial charge in [-0.3, -0.25) is 0 Å². The van der Waals surface area contributed by atoms with Gasteiger partial charge in [0.25, 0.3) is 0 Å². The summed E-state index contributed by atoms with van der Waals surface area (Å²) in [6.07, 6.45) is 1.44. The highest BCUT2D eigenvalue weighted by Crippen LogP contribution is 2.22. The van der Waals surface area contributed by atoms with Gasteiger partial charge in [-0.25, -0.2) is 9.78 Å². The Bertz CT molecular complexity index is 652. The van der Waals surface area contributed by atoms with Gasteiger partial charge in [0.15, 0.2) is 0 Å². The van der Waals surface area contributed by atoms with Crippen LogP contribution >= 0.6 is 0 Å². The first kappa shape index (κ1) is 15.3. The van der Waals surface area contributed by atoms with Crippen LogP contribution in [0.3, 0.4) is 0 Å². The molecular weight excluding hydrogens is 290 g/mol. The second-order valence-corrected chi connectivity index (χ2v) is 5.64. The number of carbonyl (C=O) groups is 1. The predicted octanol–water partition coefficient (Wildman–Crippen LogP) is 3.07. The number of alkyl carbamates (subject to hydrolysis) is 1. The third kappa shape index (κ3) is 3.80. The highest BCUT2D eigenvalue weighted by molar-refractivity contribution is 5.67. The van der Waals surface area contributed by atoms with Crippen molar-refractivity contribution in [3.05, 3.63) is 48.5 Å². The molecule has 1 aliphatic rings. The maximum Gasteiger partial charge on any atom is 0.407 e. The molecule has 0 spiro atoms. The summed E-state index contributed by atoms with van der Waals surface area (Å²) in [5.74, 6) is 0.989. The van der Waals surface area contributed by atoms with Gasteiger partial charge < -0.3 is 15.0 Å². The van der Waals surface area contributed by atoms with E-state index in [-0.39, 0.29) is 12.1 Å². The van der Waals surface area contributed by atoms with Crippen molar-refractivity contribution < 1.29 is 9.53 Å². The van der Waals surface area contributed by atoms with Gasteiger partial charge in [0, 0.05) is 24.7 Å². The lowest BCUT2D eigenvalue weighted by Crippen LogP contribution is -2.44. The lowest BCUT2D eigenvalue weighted by Gasteiger charge is -2.33. The first-order chi connectivity index (χ1) is 11.3. The molecule has 1 aliphatic heterocycles. The van der Waals surface area contributed by atoms with E-state index in [1.54, 1.807) is 0 Å². The Balaban J connectivity index is 1.66. The number of carbonyl (C=O) groups excluding carboxylic acids is 1. The van der Waals surface area contributed by atoms with Crippen LogP contribution in [0.1, 0.15) is 12.8 Å². The molecule has 5 nitrogen and oxygen atoms in total. The Morgan fingerprint density at radius 3 is 2.57 bits per heavy atom. The molecule has 23 heavy (non-hydrogen) atoms. The molecule has 0 aliphatic carbocycles. The molecule has 0 saturated carbocycles. The molecule has 2 heterocycles. The van der Waals surface area contributed by atoms with E-state index < -0.39 is 0 Å². The molecule has 1 fully saturated rings. The summed E-state index contributed by atoms with van der Waals surface area (Å²) in [6.45, 7) is 1.75. The van der Waals surface area contributed by atoms with Crippen molar-refractivity contribution >= 4 is 11.9 Å². The van der Waals surface area contributed by atoms with E-state index in [1.165, 1.54) is 7.11 Å². The van der Waals surface area contributed by atoms with Crippen molar-refractivity contribution in [2.45, 2.75) is 18.9 Å². The summed E-state index contributed by atoms with van der Waals surface area (Å²) < 4.78 is 4.65. The molecule has 5 heteroatoms. The number of anilines is 1. The minimum atomic E-state index is -0.354. The van der Waals surface area contributed by atoms with Gasteiger partial charge in [-0.15, -0.1) is 0 Å². The molecule has 1 aromatic heterocycles. The molecule has 0 radical (unpaired) electrons. The van der Waals surface area contributed by atoms with Crippen molar-refractivity contribution in [1.29, 1.82) is 0 Å². The first-order valence-electron chi connectivity index (χ1n) is 7.88. The normalized spacial score (nSPS) is 15.3. The third-order valence-electron chi connectivity index (χ3n) is 4.13. The first-order valence-corrected chi connectivity index (χ1v) is 7.88. The van der Waals surface area contributed by atoms with Crippen molar-refractivity contribution in [3.8, 4) is 11.3 Å². The number of hydrogen-bond donors (Lipinski definition) is 1. The van der Waals surface area contributed by atoms with Gasteiger partial charge in [-0.1, -0.05) is 36.4 Å². The minimum absolute atomic E-state index is 0.177. The fraction of sp³-hybridized carbons (Fsp3) is 0.333. The average Bonchev–Trinajstić information content (AvgIpc) is 2.63. The Hall–Kier alpha value is -2.56. The maximum atomic E-state index is 11.3. The Labute approximate surface area is 136 Å². The summed E-state index contributed by atoms with van der Waals surface area (Å²) in [4.78, 5) is 18.3. The van der Waals surface area contributed by atoms with Gasteiger partial charge >= 0.3 is 6.09 Å². The van der Waals surface area contributed by atoms with Crippen LogP contribution in [-0.4, -0.2) is 37.3 Å². The molecule has 1 amide bonds. The highest BCUT2D eigenvalue weighted by atomic mass is 16.5. The van der Waals surface area contributed by atoms with Crippen LogP contribution < -0.4 is 10.2 Å². The number of nitrogens with one attached hydrogen (secondary N) is 1. The lowest BCUT2D eigenvalue weighted by atomic mass is 10.1. The molecule has 0 unspecified atom stereocenters. The number of ether oxygens (including phenoxy) is 1. The van der Waals surface area contributed by atoms with E-state index in [0.717, 1.165) is 43.0 Å². The van der Waals surface area contributed by atoms with Crippen molar-refractivity contribution in [2.24, 2.45) is 0 Å². The fourth-order valence-corrected chi connectivity index (χ4v) is 2.85. The smallest absolute Gasteiger partial charge is 0.407 e. The monoisotopic (exact) mass is 311 g/mol. The fourth-order valence-electron chi connectivity index (χ4n) is 2.85. The number of methoxy groups -OCH3 is 1. The van der Waals surface area contributed by atoms with Crippen molar-refractivity contribution in [2.75, 3.05) is 25.1 Å². The topological polar surface area (TPSA) is 54.5 Å². The van der Waals surface area contributed by atoms with Gasteiger partial charge in [-0.2, -0.15) is 0 Å². The predicted molar refractivity (Wildman–Crippen MR) is 90.4 cm³/mol. The van der Waals surface area contributed by atoms with E-state index >= 15 is 0 Å². The SMILES string of the molecule is COC(=O)NC1CCN(c2cccc(-c3ccccc3)n2)CC1. The van der Waals surface area contributed by atoms with Crippen LogP contribution in [0.2, 0.25) is 0 Å². The van der Waals surface area contributed by atoms with Crippen LogP contribution in [0.5, 0.6) is 0 Å². The molecule has 1 aromatic carbocycles. The van der Waals surface area contributed by atoms with Crippen LogP contribution in [0, 0.1) is 0 Å². The molecule has 2 aromatic rings. The van der Waals surface area contributed by atoms with Crippen LogP contribution in [-0.2, 0) is 4.74 Å². The Morgan fingerprint density at radius 1 is 1.13 bits per heavy atom. The number of aromatic nitrogens is 1. The van der Waals surface area contributed by atoms with Gasteiger partial charge in [-0.05, 0) is 25.0 Å². The number of piperidine rings is 1. The number of benzene rings is 1. The largest absolute Gasteiger partial charge is 0.453 e. The minimum Gasteiger partial charge on any atom is -0.453 e. The van der Waals surface area contributed by atoms with E-state index in [4.69, 9.17) is 4.98 Å². The zero-order valence-electron chi connectivity index (χ0n) is 13.2. The quantitative estimate of drug-likeness (QED) is 0.946. The molecule has 1 saturated heterocycles. The van der Waals surface area contributed by atoms with Crippen molar-refractivity contribution in [3.63, 3.8) is 0 Å². The molecule has 1 N–H and O–H groups in total. The number of rotatable bonds is 3. The maximum absolute atomic E-state index is 11.3. The van der Waals surface area contributed by atoms with E-state index in [9.17, 15) is 4.79 Å². The van der Waals surface area contributed by atoms with Gasteiger partial charge in [0.05, 0.1) is 12.8 Å². The van der Waals surface area contributed by atoms with Crippen LogP contribution in [0.4, 0.5) is 10.6 Å². The van der Waals surface area contributed by atoms with Gasteiger partial charge in [0.1, 0.15) is 5.82 Å². The zero-order chi connectivity index (χ0) is 16.1. The van der Waals surface area contributed by atoms with Gasteiger partial charge in [0.2, 0.25) is 0 Å². The third-order valence-corrected chi connectivity index (χ3v) is 4.13. The standard InChI is InChI=1S/C18H21N3O2/c1-23-18(22)19-15-10-12-21(13-11-15)17-9-5-8-16(20-17)14-6-3-2-4-7-14/h2-9,15H,10-13H2,1H3,(H,19,22). The highest BCUT2D eigenvalue weighted by Gasteiger charge is 2.21. The summed E-state index contributed by atoms with van der Waals surface area (Å²) in [6, 6.07) is 16.5. The Morgan fingerprint density at radius 2 is 1.87 bits per heavy atom. The van der Waals surface area contributed by atoms with Crippen molar-refractivity contribution in [1.82, 2.24) is 10.3 Å². The summed E-state index contributed by atoms with van der Waals surface area (Å²) in [5.41, 5.74) is 2.11. The number of nitrogens with zero attached hydrogens (tertiary/aromatic N) is 2. The van der Waals surface area contributed by atoms with E-state index in [0.29, 0.717) is 0 Å². The molecule has 0 bridgehead atoms. The second-order valence-electron chi connectivity index (χ2n) is 5.64. The molecule has 3 rings (SSSR count). The summed E-state index contributed by atoms with van der Waals surface area (Å²) >= 11 is 0. The number of hydrogen-bond acceptors (Lipinski definition) is 4. The summed E-state index contributed by atoms with van der Waals surface area (Å²) in [7, 11) is 1.39. The number of pyridine rings is 1.